The summed E-state index contributed by atoms with van der Waals surface area (Å²) in [4.78, 5) is 48.1. The molecule has 1 N–H and O–H groups in total. The van der Waals surface area contributed by atoms with E-state index in [2.05, 4.69) is 45.4 Å². The van der Waals surface area contributed by atoms with Gasteiger partial charge in [-0.3, -0.25) is 9.59 Å². The molecular weight excluding hydrogens is 896 g/mol. The molecule has 4 aromatic heterocycles. The lowest BCUT2D eigenvalue weighted by Crippen LogP contribution is -2.24. The maximum absolute atomic E-state index is 13.0. The first-order valence-electron chi connectivity index (χ1n) is 17.2. The van der Waals surface area contributed by atoms with Gasteiger partial charge in [0.1, 0.15) is 25.3 Å². The summed E-state index contributed by atoms with van der Waals surface area (Å²) < 4.78 is 158. The van der Waals surface area contributed by atoms with E-state index in [9.17, 15) is 62.3 Å². The van der Waals surface area contributed by atoms with E-state index in [-0.39, 0.29) is 51.7 Å². The normalized spacial score (nSPS) is 12.0. The van der Waals surface area contributed by atoms with Crippen LogP contribution in [0.25, 0.3) is 35.2 Å². The monoisotopic (exact) mass is 930 g/mol. The number of nitrogens with one attached hydrogen (secondary N) is 1. The van der Waals surface area contributed by atoms with Crippen molar-refractivity contribution in [1.82, 2.24) is 59.7 Å². The first-order chi connectivity index (χ1) is 29.5. The van der Waals surface area contributed by atoms with Crippen molar-refractivity contribution in [3.05, 3.63) is 132 Å². The van der Waals surface area contributed by atoms with Crippen LogP contribution in [0.4, 0.5) is 52.7 Å². The van der Waals surface area contributed by atoms with Crippen molar-refractivity contribution in [2.75, 3.05) is 7.05 Å². The molecule has 65 heavy (non-hydrogen) atoms. The summed E-state index contributed by atoms with van der Waals surface area (Å²) in [5, 5.41) is 10.2. The van der Waals surface area contributed by atoms with E-state index in [4.69, 9.17) is 0 Å². The number of benzene rings is 2. The quantitative estimate of drug-likeness (QED) is 0.104. The van der Waals surface area contributed by atoms with Crippen molar-refractivity contribution >= 4 is 24.2 Å². The van der Waals surface area contributed by atoms with Crippen LogP contribution in [-0.4, -0.2) is 73.2 Å². The lowest BCUT2D eigenvalue weighted by Gasteiger charge is -2.14. The second-order valence-corrected chi connectivity index (χ2v) is 12.7. The molecule has 0 saturated heterocycles. The molecule has 0 radical (unpaired) electrons. The molecule has 6 aromatic rings. The van der Waals surface area contributed by atoms with Crippen LogP contribution >= 0.6 is 0 Å². The molecule has 2 aromatic carbocycles. The molecule has 0 saturated carbocycles. The number of rotatable bonds is 10. The Morgan fingerprint density at radius 3 is 1.34 bits per heavy atom. The molecule has 0 atom stereocenters. The Hall–Kier alpha value is -7.54. The Morgan fingerprint density at radius 1 is 0.585 bits per heavy atom. The molecule has 0 aliphatic carbocycles. The van der Waals surface area contributed by atoms with Gasteiger partial charge >= 0.3 is 24.7 Å². The summed E-state index contributed by atoms with van der Waals surface area (Å²) in [6, 6.07) is 2.13. The molecule has 6 rings (SSSR count). The fraction of sp³-hybridized carbons (Fsp3) is 0.231. The van der Waals surface area contributed by atoms with Crippen LogP contribution < -0.4 is 5.32 Å². The van der Waals surface area contributed by atoms with Gasteiger partial charge in [0, 0.05) is 91.7 Å². The third-order valence-corrected chi connectivity index (χ3v) is 7.95. The van der Waals surface area contributed by atoms with Crippen LogP contribution in [-0.2, 0) is 47.4 Å². The number of hydrogen-bond acceptors (Lipinski definition) is 10. The molecule has 26 heteroatoms. The summed E-state index contributed by atoms with van der Waals surface area (Å²) in [6.45, 7) is 0.369. The van der Waals surface area contributed by atoms with Gasteiger partial charge in [0.05, 0.1) is 22.3 Å². The highest BCUT2D eigenvalue weighted by molar-refractivity contribution is 5.90. The number of carbonyl (C=O) groups is 2. The van der Waals surface area contributed by atoms with Crippen LogP contribution in [0.15, 0.2) is 98.6 Å². The van der Waals surface area contributed by atoms with Gasteiger partial charge in [-0.2, -0.15) is 52.7 Å². The number of amides is 2. The summed E-state index contributed by atoms with van der Waals surface area (Å²) in [5.41, 5.74) is -5.51. The van der Waals surface area contributed by atoms with Gasteiger partial charge in [-0.15, -0.1) is 10.2 Å². The third-order valence-electron chi connectivity index (χ3n) is 7.95. The van der Waals surface area contributed by atoms with E-state index in [1.54, 1.807) is 0 Å². The van der Waals surface area contributed by atoms with E-state index in [1.165, 1.54) is 55.6 Å². The minimum Gasteiger partial charge on any atom is -0.348 e. The van der Waals surface area contributed by atoms with Crippen LogP contribution in [0.2, 0.25) is 0 Å². The number of carbonyl (C=O) groups excluding carboxylic acids is 2. The standard InChI is InChI=1S/C19H14F6N6O.C18H12F6N6O.2CH4/c1-30(9-12-7-26-10-27-8-12)16(32)2-3-31-11-28-17(29-31)13-4-14(18(20,21)22)6-15(5-13)19(23,24)25;19-17(20,21)13-3-12(4-14(5-13)18(22,23)24)16-28-10-30(29-16)2-1-15(31)27-8-11-6-25-9-26-7-11;;/h2-8,10-11H,9H2,1H3;1-7,9-10H,8H2,(H,27,31);2*1H4/b3-2-;2-1-;;. The Morgan fingerprint density at radius 2 is 0.954 bits per heavy atom. The summed E-state index contributed by atoms with van der Waals surface area (Å²) in [7, 11) is 1.52. The Balaban J connectivity index is 0.000000335. The second kappa shape index (κ2) is 21.2. The van der Waals surface area contributed by atoms with Crippen LogP contribution in [0.1, 0.15) is 48.2 Å². The van der Waals surface area contributed by atoms with Gasteiger partial charge in [-0.25, -0.2) is 39.3 Å². The van der Waals surface area contributed by atoms with Gasteiger partial charge in [-0.1, -0.05) is 14.9 Å². The second-order valence-electron chi connectivity index (χ2n) is 12.7. The smallest absolute Gasteiger partial charge is 0.348 e. The molecule has 0 bridgehead atoms. The maximum Gasteiger partial charge on any atom is 0.416 e. The van der Waals surface area contributed by atoms with Crippen molar-refractivity contribution < 1.29 is 62.3 Å². The maximum atomic E-state index is 13.0. The van der Waals surface area contributed by atoms with Crippen LogP contribution in [0.3, 0.4) is 0 Å². The molecule has 0 aliphatic rings. The summed E-state index contributed by atoms with van der Waals surface area (Å²) in [5.74, 6) is -1.71. The van der Waals surface area contributed by atoms with Crippen molar-refractivity contribution in [3.63, 3.8) is 0 Å². The molecule has 4 heterocycles. The Labute approximate surface area is 360 Å². The molecule has 0 unspecified atom stereocenters. The number of likely N-dealkylation sites (N-methyl/N-ethyl adjacent to an activating group) is 1. The number of aromatic nitrogens is 10. The van der Waals surface area contributed by atoms with Crippen LogP contribution in [0.5, 0.6) is 0 Å². The number of hydrogen-bond donors (Lipinski definition) is 1. The van der Waals surface area contributed by atoms with Crippen molar-refractivity contribution in [2.45, 2.75) is 52.6 Å². The molecule has 0 fully saturated rings. The molecular formula is C39H34F12N12O2. The minimum atomic E-state index is -4.99. The van der Waals surface area contributed by atoms with Gasteiger partial charge < -0.3 is 10.2 Å². The summed E-state index contributed by atoms with van der Waals surface area (Å²) >= 11 is 0. The third kappa shape index (κ3) is 15.1. The Bertz CT molecular complexity index is 2510. The summed E-state index contributed by atoms with van der Waals surface area (Å²) in [6.07, 6.45) is -4.59. The SMILES string of the molecule is C.C.CN(Cc1cncnc1)C(=O)/C=C\n1cnc(-c2cc(C(F)(F)F)cc(C(F)(F)F)c2)n1.O=C(/C=C\n1cnc(-c2cc(C(F)(F)F)cc(C(F)(F)F)c2)n1)NCc1cncnc1. The highest BCUT2D eigenvalue weighted by atomic mass is 19.4. The average molecular weight is 931 g/mol. The number of nitrogens with zero attached hydrogens (tertiary/aromatic N) is 11. The zero-order valence-electron chi connectivity index (χ0n) is 31.6. The van der Waals surface area contributed by atoms with Gasteiger partial charge in [0.25, 0.3) is 0 Å². The van der Waals surface area contributed by atoms with E-state index in [0.717, 1.165) is 40.4 Å². The lowest BCUT2D eigenvalue weighted by atomic mass is 10.0. The van der Waals surface area contributed by atoms with Gasteiger partial charge in [0.2, 0.25) is 11.8 Å². The molecule has 0 spiro atoms. The first-order valence-corrected chi connectivity index (χ1v) is 17.2. The average Bonchev–Trinajstić information content (AvgIpc) is 3.91. The number of halogens is 12. The fourth-order valence-electron chi connectivity index (χ4n) is 4.97. The highest BCUT2D eigenvalue weighted by Crippen LogP contribution is 2.39. The largest absolute Gasteiger partial charge is 0.416 e. The van der Waals surface area contributed by atoms with E-state index in [0.29, 0.717) is 35.4 Å². The van der Waals surface area contributed by atoms with Crippen molar-refractivity contribution in [1.29, 1.82) is 0 Å². The predicted octanol–water partition coefficient (Wildman–Crippen LogP) is 8.73. The first kappa shape index (κ1) is 51.8. The molecule has 0 aliphatic heterocycles. The number of alkyl halides is 12. The van der Waals surface area contributed by atoms with Gasteiger partial charge in [0.15, 0.2) is 11.6 Å². The topological polar surface area (TPSA) is 162 Å². The van der Waals surface area contributed by atoms with Crippen molar-refractivity contribution in [2.24, 2.45) is 0 Å². The minimum absolute atomic E-state index is 0. The molecule has 346 valence electrons. The molecule has 14 nitrogen and oxygen atoms in total. The lowest BCUT2D eigenvalue weighted by molar-refractivity contribution is -0.144. The Kier molecular flexibility index (Phi) is 16.9. The fourth-order valence-corrected chi connectivity index (χ4v) is 4.97. The van der Waals surface area contributed by atoms with E-state index in [1.807, 2.05) is 0 Å². The molecule has 2 amide bonds. The van der Waals surface area contributed by atoms with E-state index < -0.39 is 69.9 Å². The zero-order valence-corrected chi connectivity index (χ0v) is 31.6. The van der Waals surface area contributed by atoms with Crippen LogP contribution in [0, 0.1) is 0 Å². The predicted molar refractivity (Wildman–Crippen MR) is 207 cm³/mol. The van der Waals surface area contributed by atoms with Gasteiger partial charge in [-0.05, 0) is 36.4 Å². The highest BCUT2D eigenvalue weighted by Gasteiger charge is 2.38. The van der Waals surface area contributed by atoms with E-state index >= 15 is 0 Å². The van der Waals surface area contributed by atoms with Crippen molar-refractivity contribution in [3.8, 4) is 22.8 Å². The zero-order chi connectivity index (χ0) is 46.2.